The molecule has 0 fully saturated rings. The number of hydrogen-bond acceptors (Lipinski definition) is 2. The second kappa shape index (κ2) is 4.28. The van der Waals surface area contributed by atoms with Gasteiger partial charge >= 0.3 is 0 Å². The highest BCUT2D eigenvalue weighted by Crippen LogP contribution is 2.15. The predicted molar refractivity (Wildman–Crippen MR) is 48.8 cm³/mol. The molecule has 1 unspecified atom stereocenters. The molecule has 0 aliphatic heterocycles. The molecule has 0 aromatic carbocycles. The zero-order valence-electron chi connectivity index (χ0n) is 7.66. The summed E-state index contributed by atoms with van der Waals surface area (Å²) in [4.78, 5) is 0. The molecule has 12 heavy (non-hydrogen) atoms. The molecule has 1 rings (SSSR count). The summed E-state index contributed by atoms with van der Waals surface area (Å²) in [6.45, 7) is 3.23. The second-order valence-corrected chi connectivity index (χ2v) is 2.91. The summed E-state index contributed by atoms with van der Waals surface area (Å²) in [6, 6.07) is 2.06. The van der Waals surface area contributed by atoms with Crippen LogP contribution < -0.4 is 5.73 Å². The van der Waals surface area contributed by atoms with Crippen LogP contribution in [-0.2, 0) is 11.8 Å². The molecule has 0 saturated carbocycles. The normalized spacial score (nSPS) is 13.2. The van der Waals surface area contributed by atoms with E-state index in [2.05, 4.69) is 12.3 Å². The van der Waals surface area contributed by atoms with E-state index in [1.165, 1.54) is 5.56 Å². The highest BCUT2D eigenvalue weighted by atomic mass is 16.5. The number of aryl methyl sites for hydroxylation is 1. The largest absolute Gasteiger partial charge is 0.372 e. The molecule has 2 N–H and O–H groups in total. The Hall–Kier alpha value is -0.800. The molecule has 1 atom stereocenters. The quantitative estimate of drug-likeness (QED) is 0.730. The van der Waals surface area contributed by atoms with Crippen molar-refractivity contribution in [3.8, 4) is 0 Å². The van der Waals surface area contributed by atoms with E-state index in [0.717, 1.165) is 0 Å². The second-order valence-electron chi connectivity index (χ2n) is 2.91. The Morgan fingerprint density at radius 1 is 1.67 bits per heavy atom. The van der Waals surface area contributed by atoms with Crippen LogP contribution in [-0.4, -0.2) is 17.7 Å². The van der Waals surface area contributed by atoms with Crippen molar-refractivity contribution in [1.29, 1.82) is 0 Å². The molecule has 68 valence electrons. The van der Waals surface area contributed by atoms with Gasteiger partial charge in [0.2, 0.25) is 0 Å². The molecule has 3 heteroatoms. The third kappa shape index (κ3) is 2.36. The first-order valence-corrected chi connectivity index (χ1v) is 4.17. The van der Waals surface area contributed by atoms with E-state index in [0.29, 0.717) is 13.2 Å². The van der Waals surface area contributed by atoms with Crippen LogP contribution in [0.4, 0.5) is 0 Å². The first-order chi connectivity index (χ1) is 5.74. The van der Waals surface area contributed by atoms with Gasteiger partial charge in [0.25, 0.3) is 0 Å². The molecular formula is C9H16N2O. The Labute approximate surface area is 73.1 Å². The van der Waals surface area contributed by atoms with Crippen LogP contribution in [0.25, 0.3) is 0 Å². The zero-order valence-corrected chi connectivity index (χ0v) is 7.66. The van der Waals surface area contributed by atoms with Crippen LogP contribution in [0.15, 0.2) is 18.5 Å². The van der Waals surface area contributed by atoms with Gasteiger partial charge < -0.3 is 15.0 Å². The molecule has 1 heterocycles. The van der Waals surface area contributed by atoms with Crippen molar-refractivity contribution in [1.82, 2.24) is 4.57 Å². The lowest BCUT2D eigenvalue weighted by Gasteiger charge is -2.09. The first-order valence-electron chi connectivity index (χ1n) is 4.17. The van der Waals surface area contributed by atoms with Crippen molar-refractivity contribution in [3.63, 3.8) is 0 Å². The lowest BCUT2D eigenvalue weighted by atomic mass is 10.2. The van der Waals surface area contributed by atoms with Gasteiger partial charge in [-0.3, -0.25) is 0 Å². The minimum atomic E-state index is 0.148. The van der Waals surface area contributed by atoms with Crippen molar-refractivity contribution in [2.45, 2.75) is 13.0 Å². The van der Waals surface area contributed by atoms with Crippen molar-refractivity contribution >= 4 is 0 Å². The zero-order chi connectivity index (χ0) is 8.97. The average Bonchev–Trinajstić information content (AvgIpc) is 2.47. The topological polar surface area (TPSA) is 40.2 Å². The summed E-state index contributed by atoms with van der Waals surface area (Å²) < 4.78 is 7.46. The molecule has 0 aliphatic rings. The molecule has 0 aliphatic carbocycles. The molecule has 0 spiro atoms. The van der Waals surface area contributed by atoms with Crippen LogP contribution in [0.3, 0.4) is 0 Å². The maximum atomic E-state index is 5.45. The van der Waals surface area contributed by atoms with Gasteiger partial charge in [-0.2, -0.15) is 0 Å². The number of nitrogens with zero attached hydrogens (tertiary/aromatic N) is 1. The molecule has 0 bridgehead atoms. The van der Waals surface area contributed by atoms with Crippen LogP contribution >= 0.6 is 0 Å². The van der Waals surface area contributed by atoms with Crippen molar-refractivity contribution < 1.29 is 4.74 Å². The van der Waals surface area contributed by atoms with Gasteiger partial charge in [-0.15, -0.1) is 0 Å². The molecule has 1 aromatic heterocycles. The highest BCUT2D eigenvalue weighted by molar-refractivity contribution is 5.12. The third-order valence-corrected chi connectivity index (χ3v) is 1.81. The molecular weight excluding hydrogens is 152 g/mol. The Kier molecular flexibility index (Phi) is 3.31. The molecule has 0 amide bonds. The maximum absolute atomic E-state index is 5.45. The monoisotopic (exact) mass is 168 g/mol. The smallest absolute Gasteiger partial charge is 0.0812 e. The average molecular weight is 168 g/mol. The molecule has 0 saturated heterocycles. The van der Waals surface area contributed by atoms with Gasteiger partial charge in [0.1, 0.15) is 0 Å². The minimum Gasteiger partial charge on any atom is -0.372 e. The Morgan fingerprint density at radius 3 is 2.92 bits per heavy atom. The van der Waals surface area contributed by atoms with Crippen molar-refractivity contribution in [2.75, 3.05) is 13.2 Å². The third-order valence-electron chi connectivity index (χ3n) is 1.81. The number of aromatic nitrogens is 1. The maximum Gasteiger partial charge on any atom is 0.0812 e. The fourth-order valence-corrected chi connectivity index (χ4v) is 1.11. The number of nitrogens with two attached hydrogens (primary N) is 1. The van der Waals surface area contributed by atoms with Gasteiger partial charge in [0.05, 0.1) is 12.7 Å². The van der Waals surface area contributed by atoms with Crippen molar-refractivity contribution in [3.05, 3.63) is 24.0 Å². The van der Waals surface area contributed by atoms with Crippen LogP contribution in [0.2, 0.25) is 0 Å². The number of hydrogen-bond donors (Lipinski definition) is 1. The fraction of sp³-hybridized carbons (Fsp3) is 0.556. The minimum absolute atomic E-state index is 0.148. The Morgan fingerprint density at radius 2 is 2.42 bits per heavy atom. The summed E-state index contributed by atoms with van der Waals surface area (Å²) in [5, 5.41) is 0. The van der Waals surface area contributed by atoms with E-state index in [9.17, 15) is 0 Å². The predicted octanol–water partition coefficient (Wildman–Crippen LogP) is 1.06. The van der Waals surface area contributed by atoms with E-state index < -0.39 is 0 Å². The highest BCUT2D eigenvalue weighted by Gasteiger charge is 2.05. The summed E-state index contributed by atoms with van der Waals surface area (Å²) >= 11 is 0. The van der Waals surface area contributed by atoms with Crippen molar-refractivity contribution in [2.24, 2.45) is 12.8 Å². The van der Waals surface area contributed by atoms with E-state index in [1.807, 2.05) is 24.7 Å². The van der Waals surface area contributed by atoms with E-state index in [1.54, 1.807) is 0 Å². The Balaban J connectivity index is 2.47. The standard InChI is InChI=1S/C9H16N2O/c1-8(12-6-4-10)9-3-5-11(2)7-9/h3,5,7-8H,4,6,10H2,1-2H3. The molecule has 0 radical (unpaired) electrons. The van der Waals surface area contributed by atoms with Gasteiger partial charge in [-0.1, -0.05) is 0 Å². The summed E-state index contributed by atoms with van der Waals surface area (Å²) in [7, 11) is 2.00. The first kappa shape index (κ1) is 9.29. The Bertz CT molecular complexity index is 232. The fourth-order valence-electron chi connectivity index (χ4n) is 1.11. The van der Waals surface area contributed by atoms with Gasteiger partial charge in [-0.25, -0.2) is 0 Å². The molecule has 3 nitrogen and oxygen atoms in total. The summed E-state index contributed by atoms with van der Waals surface area (Å²) in [6.07, 6.45) is 4.22. The van der Waals surface area contributed by atoms with Gasteiger partial charge in [0.15, 0.2) is 0 Å². The lowest BCUT2D eigenvalue weighted by Crippen LogP contribution is -2.10. The number of rotatable bonds is 4. The van der Waals surface area contributed by atoms with Crippen LogP contribution in [0.1, 0.15) is 18.6 Å². The van der Waals surface area contributed by atoms with Crippen LogP contribution in [0, 0.1) is 0 Å². The lowest BCUT2D eigenvalue weighted by molar-refractivity contribution is 0.0718. The number of ether oxygens (including phenoxy) is 1. The van der Waals surface area contributed by atoms with Gasteiger partial charge in [-0.05, 0) is 18.6 Å². The SMILES string of the molecule is CC(OCCN)c1ccn(C)c1. The summed E-state index contributed by atoms with van der Waals surface area (Å²) in [5.41, 5.74) is 6.53. The van der Waals surface area contributed by atoms with E-state index in [-0.39, 0.29) is 6.10 Å². The van der Waals surface area contributed by atoms with E-state index >= 15 is 0 Å². The van der Waals surface area contributed by atoms with Crippen LogP contribution in [0.5, 0.6) is 0 Å². The van der Waals surface area contributed by atoms with Gasteiger partial charge in [0, 0.05) is 26.0 Å². The summed E-state index contributed by atoms with van der Waals surface area (Å²) in [5.74, 6) is 0. The molecule has 1 aromatic rings. The van der Waals surface area contributed by atoms with E-state index in [4.69, 9.17) is 10.5 Å².